The Bertz CT molecular complexity index is 690. The number of carbonyl (C=O) groups is 2. The molecule has 0 saturated carbocycles. The van der Waals surface area contributed by atoms with E-state index in [9.17, 15) is 9.59 Å². The van der Waals surface area contributed by atoms with Gasteiger partial charge in [0.05, 0.1) is 12.5 Å². The van der Waals surface area contributed by atoms with Crippen molar-refractivity contribution in [1.82, 2.24) is 10.9 Å². The fourth-order valence-corrected chi connectivity index (χ4v) is 1.43. The number of carbonyl (C=O) groups excluding carboxylic acids is 2. The number of amides is 2. The van der Waals surface area contributed by atoms with Gasteiger partial charge in [0.25, 0.3) is 0 Å². The summed E-state index contributed by atoms with van der Waals surface area (Å²) in [4.78, 5) is 22.8. The Hall–Kier alpha value is -3.68. The van der Waals surface area contributed by atoms with E-state index < -0.39 is 11.8 Å². The van der Waals surface area contributed by atoms with Crippen LogP contribution >= 0.6 is 0 Å². The number of allylic oxidation sites excluding steroid dienone is 2. The Balaban J connectivity index is 1.67. The summed E-state index contributed by atoms with van der Waals surface area (Å²) >= 11 is 0. The van der Waals surface area contributed by atoms with Crippen molar-refractivity contribution in [2.45, 2.75) is 0 Å². The molecule has 2 heterocycles. The third kappa shape index (κ3) is 5.98. The van der Waals surface area contributed by atoms with Crippen LogP contribution in [0.1, 0.15) is 11.5 Å². The van der Waals surface area contributed by atoms with E-state index in [-0.39, 0.29) is 0 Å². The molecule has 2 aromatic rings. The van der Waals surface area contributed by atoms with Crippen LogP contribution in [0, 0.1) is 0 Å². The molecule has 2 rings (SSSR count). The number of nitrogens with zero attached hydrogens (tertiary/aromatic N) is 2. The van der Waals surface area contributed by atoms with Crippen molar-refractivity contribution >= 4 is 36.4 Å². The SMILES string of the molecule is O=C(N/N=C\C=C\c1ccco1)C(=O)N/N=C/C=C/c1ccco1. The average molecular weight is 326 g/mol. The quantitative estimate of drug-likeness (QED) is 0.479. The van der Waals surface area contributed by atoms with Gasteiger partial charge in [-0.2, -0.15) is 10.2 Å². The van der Waals surface area contributed by atoms with E-state index >= 15 is 0 Å². The van der Waals surface area contributed by atoms with Gasteiger partial charge in [0.2, 0.25) is 0 Å². The maximum atomic E-state index is 11.4. The minimum atomic E-state index is -0.940. The lowest BCUT2D eigenvalue weighted by molar-refractivity contribution is -0.139. The fourth-order valence-electron chi connectivity index (χ4n) is 1.43. The molecule has 0 aliphatic rings. The van der Waals surface area contributed by atoms with Crippen molar-refractivity contribution in [2.24, 2.45) is 10.2 Å². The highest BCUT2D eigenvalue weighted by Crippen LogP contribution is 2.01. The highest BCUT2D eigenvalue weighted by molar-refractivity contribution is 6.35. The van der Waals surface area contributed by atoms with Crippen LogP contribution in [-0.2, 0) is 9.59 Å². The second kappa shape index (κ2) is 9.36. The van der Waals surface area contributed by atoms with Crippen LogP contribution in [0.4, 0.5) is 0 Å². The standard InChI is InChI=1S/C16H14N4O4/c21-15(19-17-9-1-5-13-7-3-11-23-13)16(22)20-18-10-2-6-14-8-4-12-24-14/h1-12H,(H,19,21)(H,20,22)/b5-1+,6-2+,17-9-,18-10+. The number of nitrogens with one attached hydrogen (secondary N) is 2. The summed E-state index contributed by atoms with van der Waals surface area (Å²) in [6, 6.07) is 7.00. The van der Waals surface area contributed by atoms with Crippen LogP contribution < -0.4 is 10.9 Å². The third-order valence-corrected chi connectivity index (χ3v) is 2.47. The van der Waals surface area contributed by atoms with Gasteiger partial charge in [-0.25, -0.2) is 10.9 Å². The van der Waals surface area contributed by atoms with Crippen LogP contribution in [0.15, 0.2) is 68.0 Å². The molecule has 8 heteroatoms. The van der Waals surface area contributed by atoms with Gasteiger partial charge in [-0.3, -0.25) is 9.59 Å². The molecule has 122 valence electrons. The van der Waals surface area contributed by atoms with Crippen LogP contribution in [-0.4, -0.2) is 24.2 Å². The van der Waals surface area contributed by atoms with Crippen LogP contribution in [0.5, 0.6) is 0 Å². The van der Waals surface area contributed by atoms with Crippen LogP contribution in [0.25, 0.3) is 12.2 Å². The summed E-state index contributed by atoms with van der Waals surface area (Å²) in [6.45, 7) is 0. The lowest BCUT2D eigenvalue weighted by atomic mass is 10.4. The molecule has 0 radical (unpaired) electrons. The van der Waals surface area contributed by atoms with E-state index in [0.29, 0.717) is 11.5 Å². The first-order valence-electron chi connectivity index (χ1n) is 6.82. The highest BCUT2D eigenvalue weighted by atomic mass is 16.3. The van der Waals surface area contributed by atoms with Gasteiger partial charge in [-0.1, -0.05) is 0 Å². The van der Waals surface area contributed by atoms with Crippen molar-refractivity contribution in [3.63, 3.8) is 0 Å². The molecular formula is C16H14N4O4. The Morgan fingerprint density at radius 2 is 1.29 bits per heavy atom. The monoisotopic (exact) mass is 326 g/mol. The average Bonchev–Trinajstić information content (AvgIpc) is 3.27. The largest absolute Gasteiger partial charge is 0.465 e. The number of furan rings is 2. The molecule has 0 fully saturated rings. The molecule has 2 amide bonds. The molecule has 0 unspecified atom stereocenters. The molecule has 0 spiro atoms. The normalized spacial score (nSPS) is 11.8. The number of hydrogen-bond donors (Lipinski definition) is 2. The van der Waals surface area contributed by atoms with E-state index in [1.54, 1.807) is 48.6 Å². The molecule has 0 aliphatic heterocycles. The summed E-state index contributed by atoms with van der Waals surface area (Å²) < 4.78 is 10.1. The molecule has 0 bridgehead atoms. The van der Waals surface area contributed by atoms with Gasteiger partial charge in [0.15, 0.2) is 0 Å². The molecule has 0 atom stereocenters. The minimum absolute atomic E-state index is 0.641. The predicted octanol–water partition coefficient (Wildman–Crippen LogP) is 1.80. The van der Waals surface area contributed by atoms with E-state index in [0.717, 1.165) is 0 Å². The molecule has 24 heavy (non-hydrogen) atoms. The summed E-state index contributed by atoms with van der Waals surface area (Å²) in [5, 5.41) is 7.16. The maximum Gasteiger partial charge on any atom is 0.331 e. The highest BCUT2D eigenvalue weighted by Gasteiger charge is 2.10. The zero-order chi connectivity index (χ0) is 17.0. The van der Waals surface area contributed by atoms with Gasteiger partial charge in [0.1, 0.15) is 11.5 Å². The van der Waals surface area contributed by atoms with Gasteiger partial charge in [-0.05, 0) is 48.6 Å². The Labute approximate surface area is 137 Å². The topological polar surface area (TPSA) is 109 Å². The molecule has 0 saturated heterocycles. The predicted molar refractivity (Wildman–Crippen MR) is 88.8 cm³/mol. The molecule has 2 N–H and O–H groups in total. The first-order chi connectivity index (χ1) is 11.8. The summed E-state index contributed by atoms with van der Waals surface area (Å²) in [5.74, 6) is -0.598. The molecule has 2 aromatic heterocycles. The molecular weight excluding hydrogens is 312 g/mol. The van der Waals surface area contributed by atoms with Crippen molar-refractivity contribution in [3.05, 3.63) is 60.5 Å². The first kappa shape index (κ1) is 16.7. The van der Waals surface area contributed by atoms with Crippen molar-refractivity contribution in [2.75, 3.05) is 0 Å². The zero-order valence-corrected chi connectivity index (χ0v) is 12.5. The number of hydrazone groups is 2. The Kier molecular flexibility index (Phi) is 6.51. The number of rotatable bonds is 6. The van der Waals surface area contributed by atoms with E-state index in [4.69, 9.17) is 8.83 Å². The maximum absolute atomic E-state index is 11.4. The van der Waals surface area contributed by atoms with E-state index in [1.807, 2.05) is 0 Å². The van der Waals surface area contributed by atoms with Crippen molar-refractivity contribution in [3.8, 4) is 0 Å². The van der Waals surface area contributed by atoms with Crippen LogP contribution in [0.2, 0.25) is 0 Å². The smallest absolute Gasteiger partial charge is 0.331 e. The van der Waals surface area contributed by atoms with Gasteiger partial charge in [-0.15, -0.1) is 0 Å². The Morgan fingerprint density at radius 3 is 1.67 bits per heavy atom. The van der Waals surface area contributed by atoms with Gasteiger partial charge >= 0.3 is 11.8 Å². The summed E-state index contributed by atoms with van der Waals surface area (Å²) in [6.07, 6.45) is 12.1. The van der Waals surface area contributed by atoms with Crippen LogP contribution in [0.3, 0.4) is 0 Å². The third-order valence-electron chi connectivity index (χ3n) is 2.47. The van der Waals surface area contributed by atoms with Crippen molar-refractivity contribution in [1.29, 1.82) is 0 Å². The van der Waals surface area contributed by atoms with Gasteiger partial charge < -0.3 is 8.83 Å². The van der Waals surface area contributed by atoms with Crippen molar-refractivity contribution < 1.29 is 18.4 Å². The lowest BCUT2D eigenvalue weighted by Crippen LogP contribution is -2.35. The molecule has 8 nitrogen and oxygen atoms in total. The molecule has 0 aromatic carbocycles. The summed E-state index contributed by atoms with van der Waals surface area (Å²) in [7, 11) is 0. The minimum Gasteiger partial charge on any atom is -0.465 e. The van der Waals surface area contributed by atoms with Gasteiger partial charge in [0, 0.05) is 12.4 Å². The second-order valence-corrected chi connectivity index (χ2v) is 4.19. The van der Waals surface area contributed by atoms with E-state index in [1.165, 1.54) is 25.0 Å². The summed E-state index contributed by atoms with van der Waals surface area (Å²) in [5.41, 5.74) is 4.11. The van der Waals surface area contributed by atoms with E-state index in [2.05, 4.69) is 21.1 Å². The first-order valence-corrected chi connectivity index (χ1v) is 6.82. The Morgan fingerprint density at radius 1 is 0.833 bits per heavy atom. The zero-order valence-electron chi connectivity index (χ0n) is 12.5. The fraction of sp³-hybridized carbons (Fsp3) is 0. The second-order valence-electron chi connectivity index (χ2n) is 4.19. The molecule has 0 aliphatic carbocycles. The number of hydrogen-bond acceptors (Lipinski definition) is 6. The lowest BCUT2D eigenvalue weighted by Gasteiger charge is -1.96.